The SMILES string of the molecule is COc1cccc(Cn2c(=O)c(C(=O)NC3CC3)nn(-c3ccc(C)c(C)c3)c2=O)c1. The van der Waals surface area contributed by atoms with E-state index in [1.165, 1.54) is 0 Å². The lowest BCUT2D eigenvalue weighted by molar-refractivity contribution is 0.0941. The molecule has 8 nitrogen and oxygen atoms in total. The van der Waals surface area contributed by atoms with Crippen LogP contribution in [0.2, 0.25) is 0 Å². The molecule has 0 bridgehead atoms. The Morgan fingerprint density at radius 3 is 2.58 bits per heavy atom. The summed E-state index contributed by atoms with van der Waals surface area (Å²) in [5.41, 5.74) is 1.60. The molecule has 1 saturated carbocycles. The molecule has 1 aliphatic rings. The first kappa shape index (κ1) is 20.6. The predicted molar refractivity (Wildman–Crippen MR) is 116 cm³/mol. The van der Waals surface area contributed by atoms with Crippen LogP contribution in [0.1, 0.15) is 40.0 Å². The first-order valence-corrected chi connectivity index (χ1v) is 10.1. The van der Waals surface area contributed by atoms with E-state index >= 15 is 0 Å². The van der Waals surface area contributed by atoms with Gasteiger partial charge in [-0.25, -0.2) is 4.79 Å². The van der Waals surface area contributed by atoms with Gasteiger partial charge in [0.1, 0.15) is 5.75 Å². The molecular formula is C23H24N4O4. The van der Waals surface area contributed by atoms with Gasteiger partial charge in [-0.2, -0.15) is 9.78 Å². The Morgan fingerprint density at radius 2 is 1.90 bits per heavy atom. The highest BCUT2D eigenvalue weighted by Gasteiger charge is 2.27. The predicted octanol–water partition coefficient (Wildman–Crippen LogP) is 1.96. The zero-order valence-corrected chi connectivity index (χ0v) is 17.7. The zero-order chi connectivity index (χ0) is 22.1. The van der Waals surface area contributed by atoms with Gasteiger partial charge in [-0.1, -0.05) is 18.2 Å². The number of aryl methyl sites for hydroxylation is 2. The smallest absolute Gasteiger partial charge is 0.352 e. The third-order valence-corrected chi connectivity index (χ3v) is 5.40. The fourth-order valence-corrected chi connectivity index (χ4v) is 3.26. The van der Waals surface area contributed by atoms with Crippen molar-refractivity contribution in [3.8, 4) is 11.4 Å². The lowest BCUT2D eigenvalue weighted by Gasteiger charge is -2.13. The highest BCUT2D eigenvalue weighted by Crippen LogP contribution is 2.19. The molecule has 2 aromatic carbocycles. The first-order chi connectivity index (χ1) is 14.9. The second-order valence-electron chi connectivity index (χ2n) is 7.80. The van der Waals surface area contributed by atoms with Gasteiger partial charge in [-0.3, -0.25) is 14.2 Å². The van der Waals surface area contributed by atoms with Gasteiger partial charge >= 0.3 is 5.69 Å². The molecule has 31 heavy (non-hydrogen) atoms. The molecule has 4 rings (SSSR count). The normalized spacial score (nSPS) is 13.1. The number of nitrogens with one attached hydrogen (secondary N) is 1. The molecule has 1 amide bonds. The molecule has 0 unspecified atom stereocenters. The van der Waals surface area contributed by atoms with E-state index < -0.39 is 17.2 Å². The monoisotopic (exact) mass is 420 g/mol. The summed E-state index contributed by atoms with van der Waals surface area (Å²) >= 11 is 0. The van der Waals surface area contributed by atoms with E-state index in [1.807, 2.05) is 26.0 Å². The van der Waals surface area contributed by atoms with Crippen LogP contribution >= 0.6 is 0 Å². The maximum atomic E-state index is 13.3. The molecule has 0 saturated heterocycles. The molecule has 1 N–H and O–H groups in total. The van der Waals surface area contributed by atoms with E-state index in [0.29, 0.717) is 17.0 Å². The van der Waals surface area contributed by atoms with Crippen molar-refractivity contribution in [3.63, 3.8) is 0 Å². The second-order valence-corrected chi connectivity index (χ2v) is 7.80. The molecule has 160 valence electrons. The number of carbonyl (C=O) groups is 1. The number of methoxy groups -OCH3 is 1. The Hall–Kier alpha value is -3.68. The standard InChI is InChI=1S/C23H24N4O4/c1-14-7-10-18(11-15(14)2)27-23(30)26(13-16-5-4-6-19(12-16)31-3)22(29)20(25-27)21(28)24-17-8-9-17/h4-7,10-12,17H,8-9,13H2,1-3H3,(H,24,28). The minimum absolute atomic E-state index is 0.00800. The average molecular weight is 420 g/mol. The van der Waals surface area contributed by atoms with Gasteiger partial charge < -0.3 is 10.1 Å². The fourth-order valence-electron chi connectivity index (χ4n) is 3.26. The summed E-state index contributed by atoms with van der Waals surface area (Å²) in [6, 6.07) is 12.6. The summed E-state index contributed by atoms with van der Waals surface area (Å²) in [6.07, 6.45) is 1.75. The summed E-state index contributed by atoms with van der Waals surface area (Å²) in [6.45, 7) is 3.89. The summed E-state index contributed by atoms with van der Waals surface area (Å²) in [5.74, 6) is 0.0465. The van der Waals surface area contributed by atoms with E-state index in [-0.39, 0.29) is 18.3 Å². The summed E-state index contributed by atoms with van der Waals surface area (Å²) < 4.78 is 7.40. The Balaban J connectivity index is 1.87. The zero-order valence-electron chi connectivity index (χ0n) is 17.7. The highest BCUT2D eigenvalue weighted by atomic mass is 16.5. The minimum atomic E-state index is -0.717. The number of hydrogen-bond acceptors (Lipinski definition) is 5. The highest BCUT2D eigenvalue weighted by molar-refractivity contribution is 5.92. The molecule has 0 atom stereocenters. The molecule has 8 heteroatoms. The van der Waals surface area contributed by atoms with Crippen molar-refractivity contribution in [1.29, 1.82) is 0 Å². The van der Waals surface area contributed by atoms with Crippen molar-refractivity contribution < 1.29 is 9.53 Å². The number of rotatable bonds is 6. The molecule has 0 radical (unpaired) electrons. The summed E-state index contributed by atoms with van der Waals surface area (Å²) in [4.78, 5) is 39.1. The third-order valence-electron chi connectivity index (χ3n) is 5.40. The van der Waals surface area contributed by atoms with Gasteiger partial charge in [-0.15, -0.1) is 0 Å². The Morgan fingerprint density at radius 1 is 1.13 bits per heavy atom. The number of amides is 1. The maximum absolute atomic E-state index is 13.3. The van der Waals surface area contributed by atoms with Gasteiger partial charge in [0.2, 0.25) is 5.69 Å². The van der Waals surface area contributed by atoms with Crippen molar-refractivity contribution >= 4 is 5.91 Å². The lowest BCUT2D eigenvalue weighted by atomic mass is 10.1. The van der Waals surface area contributed by atoms with Crippen LogP contribution in [0.3, 0.4) is 0 Å². The van der Waals surface area contributed by atoms with Crippen molar-refractivity contribution in [2.24, 2.45) is 0 Å². The number of ether oxygens (including phenoxy) is 1. The lowest BCUT2D eigenvalue weighted by Crippen LogP contribution is -2.46. The summed E-state index contributed by atoms with van der Waals surface area (Å²) in [7, 11) is 1.55. The maximum Gasteiger partial charge on any atom is 0.352 e. The van der Waals surface area contributed by atoms with Crippen LogP contribution in [-0.2, 0) is 6.54 Å². The van der Waals surface area contributed by atoms with Crippen LogP contribution in [0.15, 0.2) is 52.1 Å². The fraction of sp³-hybridized carbons (Fsp3) is 0.304. The van der Waals surface area contributed by atoms with Crippen LogP contribution in [0.25, 0.3) is 5.69 Å². The first-order valence-electron chi connectivity index (χ1n) is 10.1. The third kappa shape index (κ3) is 4.28. The Labute approximate surface area is 179 Å². The molecular weight excluding hydrogens is 396 g/mol. The van der Waals surface area contributed by atoms with Crippen LogP contribution in [0.4, 0.5) is 0 Å². The second kappa shape index (κ2) is 8.22. The molecule has 1 fully saturated rings. The number of aromatic nitrogens is 3. The van der Waals surface area contributed by atoms with E-state index in [0.717, 1.165) is 33.2 Å². The number of carbonyl (C=O) groups excluding carboxylic acids is 1. The van der Waals surface area contributed by atoms with E-state index in [4.69, 9.17) is 4.74 Å². The van der Waals surface area contributed by atoms with Crippen LogP contribution in [0, 0.1) is 13.8 Å². The average Bonchev–Trinajstić information content (AvgIpc) is 3.57. The molecule has 0 spiro atoms. The molecule has 1 heterocycles. The minimum Gasteiger partial charge on any atom is -0.497 e. The van der Waals surface area contributed by atoms with Crippen molar-refractivity contribution in [2.45, 2.75) is 39.3 Å². The van der Waals surface area contributed by atoms with Crippen molar-refractivity contribution in [1.82, 2.24) is 19.7 Å². The van der Waals surface area contributed by atoms with Crippen LogP contribution in [0.5, 0.6) is 5.75 Å². The van der Waals surface area contributed by atoms with Crippen LogP contribution in [-0.4, -0.2) is 33.4 Å². The van der Waals surface area contributed by atoms with Gasteiger partial charge in [0.25, 0.3) is 11.5 Å². The number of nitrogens with zero attached hydrogens (tertiary/aromatic N) is 3. The van der Waals surface area contributed by atoms with E-state index in [2.05, 4.69) is 10.4 Å². The Bertz CT molecular complexity index is 1270. The molecule has 1 aromatic heterocycles. The van der Waals surface area contributed by atoms with Gasteiger partial charge in [-0.05, 0) is 67.6 Å². The van der Waals surface area contributed by atoms with E-state index in [1.54, 1.807) is 37.4 Å². The van der Waals surface area contributed by atoms with Crippen molar-refractivity contribution in [3.05, 3.63) is 85.7 Å². The molecule has 0 aliphatic heterocycles. The van der Waals surface area contributed by atoms with Gasteiger partial charge in [0.05, 0.1) is 19.3 Å². The quantitative estimate of drug-likeness (QED) is 0.658. The molecule has 1 aliphatic carbocycles. The molecule has 3 aromatic rings. The van der Waals surface area contributed by atoms with E-state index in [9.17, 15) is 14.4 Å². The van der Waals surface area contributed by atoms with Crippen LogP contribution < -0.4 is 21.3 Å². The number of hydrogen-bond donors (Lipinski definition) is 1. The Kier molecular flexibility index (Phi) is 5.46. The van der Waals surface area contributed by atoms with Gasteiger partial charge in [0.15, 0.2) is 0 Å². The topological polar surface area (TPSA) is 95.2 Å². The largest absolute Gasteiger partial charge is 0.497 e. The van der Waals surface area contributed by atoms with Crippen molar-refractivity contribution in [2.75, 3.05) is 7.11 Å². The van der Waals surface area contributed by atoms with Gasteiger partial charge in [0, 0.05) is 6.04 Å². The number of benzene rings is 2. The summed E-state index contributed by atoms with van der Waals surface area (Å²) in [5, 5.41) is 6.95.